The highest BCUT2D eigenvalue weighted by atomic mass is 16.7. The average Bonchev–Trinajstić information content (AvgIpc) is 3.36. The van der Waals surface area contributed by atoms with E-state index in [0.29, 0.717) is 19.3 Å². The lowest BCUT2D eigenvalue weighted by Crippen LogP contribution is -2.60. The van der Waals surface area contributed by atoms with E-state index in [1.165, 1.54) is 199 Å². The van der Waals surface area contributed by atoms with Gasteiger partial charge in [0, 0.05) is 0 Å². The Morgan fingerprint density at radius 3 is 1.24 bits per heavy atom. The normalized spacial score (nSPS) is 20.0. The first kappa shape index (κ1) is 66.4. The molecule has 1 amide bonds. The Labute approximate surface area is 430 Å². The van der Waals surface area contributed by atoms with Crippen LogP contribution in [0.15, 0.2) is 36.5 Å². The van der Waals surface area contributed by atoms with Crippen LogP contribution in [0.4, 0.5) is 0 Å². The van der Waals surface area contributed by atoms with Gasteiger partial charge in [-0.15, -0.1) is 0 Å². The maximum atomic E-state index is 13.1. The third-order valence-electron chi connectivity index (χ3n) is 14.3. The molecule has 0 aliphatic carbocycles. The van der Waals surface area contributed by atoms with E-state index < -0.39 is 61.5 Å². The number of aliphatic hydroxyl groups excluding tert-OH is 6. The Morgan fingerprint density at radius 2 is 0.843 bits per heavy atom. The zero-order valence-electron chi connectivity index (χ0n) is 45.4. The molecular formula is C60H113NO9. The average molecular weight is 993 g/mol. The first-order valence-electron chi connectivity index (χ1n) is 29.8. The topological polar surface area (TPSA) is 169 Å². The zero-order chi connectivity index (χ0) is 51.0. The molecule has 1 fully saturated rings. The summed E-state index contributed by atoms with van der Waals surface area (Å²) in [6.07, 6.45) is 54.2. The van der Waals surface area contributed by atoms with Gasteiger partial charge in [-0.25, -0.2) is 0 Å². The fourth-order valence-electron chi connectivity index (χ4n) is 9.49. The second-order valence-corrected chi connectivity index (χ2v) is 20.9. The van der Waals surface area contributed by atoms with Crippen molar-refractivity contribution < 1.29 is 44.9 Å². The first-order chi connectivity index (χ1) is 34.3. The second-order valence-electron chi connectivity index (χ2n) is 20.9. The molecule has 0 aromatic rings. The lowest BCUT2D eigenvalue weighted by molar-refractivity contribution is -0.302. The molecule has 1 saturated heterocycles. The fourth-order valence-corrected chi connectivity index (χ4v) is 9.49. The van der Waals surface area contributed by atoms with E-state index >= 15 is 0 Å². The van der Waals surface area contributed by atoms with Crippen LogP contribution in [-0.4, -0.2) is 98.7 Å². The van der Waals surface area contributed by atoms with Crippen LogP contribution in [0.5, 0.6) is 0 Å². The molecule has 412 valence electrons. The van der Waals surface area contributed by atoms with Gasteiger partial charge in [0.1, 0.15) is 30.5 Å². The maximum Gasteiger partial charge on any atom is 0.249 e. The van der Waals surface area contributed by atoms with Crippen molar-refractivity contribution in [1.29, 1.82) is 0 Å². The Morgan fingerprint density at radius 1 is 0.486 bits per heavy atom. The van der Waals surface area contributed by atoms with E-state index in [4.69, 9.17) is 9.47 Å². The van der Waals surface area contributed by atoms with Gasteiger partial charge in [-0.05, 0) is 44.9 Å². The molecule has 1 heterocycles. The number of rotatable bonds is 51. The summed E-state index contributed by atoms with van der Waals surface area (Å²) in [5, 5.41) is 64.9. The number of hydrogen-bond donors (Lipinski definition) is 7. The Kier molecular flexibility index (Phi) is 47.0. The largest absolute Gasteiger partial charge is 0.394 e. The minimum absolute atomic E-state index is 0.304. The molecule has 70 heavy (non-hydrogen) atoms. The van der Waals surface area contributed by atoms with E-state index in [-0.39, 0.29) is 6.61 Å². The lowest BCUT2D eigenvalue weighted by Gasteiger charge is -2.40. The van der Waals surface area contributed by atoms with Gasteiger partial charge in [0.05, 0.1) is 25.4 Å². The molecule has 1 aliphatic rings. The molecule has 10 nitrogen and oxygen atoms in total. The van der Waals surface area contributed by atoms with E-state index in [1.807, 2.05) is 6.08 Å². The molecule has 0 radical (unpaired) electrons. The summed E-state index contributed by atoms with van der Waals surface area (Å²) in [5.41, 5.74) is 0. The third kappa shape index (κ3) is 38.0. The summed E-state index contributed by atoms with van der Waals surface area (Å²) in [6, 6.07) is -1.00. The van der Waals surface area contributed by atoms with Gasteiger partial charge in [0.15, 0.2) is 6.29 Å². The van der Waals surface area contributed by atoms with E-state index in [1.54, 1.807) is 6.08 Å². The number of amides is 1. The molecule has 7 N–H and O–H groups in total. The third-order valence-corrected chi connectivity index (χ3v) is 14.3. The summed E-state index contributed by atoms with van der Waals surface area (Å²) in [4.78, 5) is 13.1. The molecule has 1 aliphatic heterocycles. The zero-order valence-corrected chi connectivity index (χ0v) is 45.4. The number of unbranched alkanes of at least 4 members (excludes halogenated alkanes) is 36. The summed E-state index contributed by atoms with van der Waals surface area (Å²) >= 11 is 0. The molecular weight excluding hydrogens is 879 g/mol. The quantitative estimate of drug-likeness (QED) is 0.0232. The summed E-state index contributed by atoms with van der Waals surface area (Å²) in [6.45, 7) is 3.58. The SMILES string of the molecule is CCCCC/C=C/CC/C=C/CC/C=C/C(O)C(COC1OC(CO)C(O)C(O)C1O)NC(=O)C(O)CCCCCCCCCCCCCCCCCCCCCCCCCCCCCCCCCC. The standard InChI is InChI=1S/C60H113NO9/c1-3-5-7-9-11-13-15-17-18-19-20-21-22-23-24-25-26-27-28-29-30-31-32-33-34-35-37-39-41-43-45-47-49-54(64)59(68)61-52(51-69-60-58(67)57(66)56(65)55(50-62)70-60)53(63)48-46-44-42-40-38-36-16-14-12-10-8-6-4-2/h12,14,38,40,46,48,52-58,60,62-67H,3-11,13,15-37,39,41-45,47,49-51H2,1-2H3,(H,61,68)/b14-12+,40-38+,48-46+. The molecule has 0 aromatic heterocycles. The highest BCUT2D eigenvalue weighted by Crippen LogP contribution is 2.23. The minimum Gasteiger partial charge on any atom is -0.394 e. The highest BCUT2D eigenvalue weighted by Gasteiger charge is 2.44. The van der Waals surface area contributed by atoms with Gasteiger partial charge in [-0.1, -0.05) is 269 Å². The van der Waals surface area contributed by atoms with Crippen molar-refractivity contribution in [2.75, 3.05) is 13.2 Å². The van der Waals surface area contributed by atoms with Crippen LogP contribution >= 0.6 is 0 Å². The van der Waals surface area contributed by atoms with Gasteiger partial charge in [0.25, 0.3) is 0 Å². The van der Waals surface area contributed by atoms with Gasteiger partial charge in [-0.3, -0.25) is 4.79 Å². The van der Waals surface area contributed by atoms with Crippen molar-refractivity contribution in [2.45, 2.75) is 326 Å². The number of allylic oxidation sites excluding steroid dienone is 5. The first-order valence-corrected chi connectivity index (χ1v) is 29.8. The van der Waals surface area contributed by atoms with Crippen molar-refractivity contribution in [1.82, 2.24) is 5.32 Å². The maximum absolute atomic E-state index is 13.1. The highest BCUT2D eigenvalue weighted by molar-refractivity contribution is 5.80. The number of ether oxygens (including phenoxy) is 2. The number of carbonyl (C=O) groups excluding carboxylic acids is 1. The van der Waals surface area contributed by atoms with Crippen LogP contribution in [0.1, 0.15) is 277 Å². The number of nitrogens with one attached hydrogen (secondary N) is 1. The van der Waals surface area contributed by atoms with Crippen molar-refractivity contribution in [2.24, 2.45) is 0 Å². The molecule has 0 spiro atoms. The van der Waals surface area contributed by atoms with Crippen LogP contribution in [0.2, 0.25) is 0 Å². The predicted octanol–water partition coefficient (Wildman–Crippen LogP) is 13.7. The van der Waals surface area contributed by atoms with Gasteiger partial charge in [-0.2, -0.15) is 0 Å². The molecule has 10 heteroatoms. The molecule has 1 rings (SSSR count). The molecule has 0 bridgehead atoms. The predicted molar refractivity (Wildman–Crippen MR) is 292 cm³/mol. The van der Waals surface area contributed by atoms with Crippen molar-refractivity contribution >= 4 is 5.91 Å². The summed E-state index contributed by atoms with van der Waals surface area (Å²) in [5.74, 6) is -0.627. The molecule has 8 atom stereocenters. The summed E-state index contributed by atoms with van der Waals surface area (Å²) < 4.78 is 11.2. The number of carbonyl (C=O) groups is 1. The molecule has 0 saturated carbocycles. The van der Waals surface area contributed by atoms with Crippen molar-refractivity contribution in [3.63, 3.8) is 0 Å². The number of hydrogen-bond acceptors (Lipinski definition) is 9. The smallest absolute Gasteiger partial charge is 0.249 e. The Balaban J connectivity index is 2.14. The fraction of sp³-hybridized carbons (Fsp3) is 0.883. The Hall–Kier alpha value is -1.63. The van der Waals surface area contributed by atoms with Crippen LogP contribution in [0.25, 0.3) is 0 Å². The van der Waals surface area contributed by atoms with Gasteiger partial charge < -0.3 is 45.4 Å². The molecule has 0 aromatic carbocycles. The van der Waals surface area contributed by atoms with Crippen LogP contribution in [-0.2, 0) is 14.3 Å². The van der Waals surface area contributed by atoms with E-state index in [0.717, 1.165) is 44.9 Å². The summed E-state index contributed by atoms with van der Waals surface area (Å²) in [7, 11) is 0. The van der Waals surface area contributed by atoms with Gasteiger partial charge in [0.2, 0.25) is 5.91 Å². The minimum atomic E-state index is -1.62. The van der Waals surface area contributed by atoms with Crippen molar-refractivity contribution in [3.8, 4) is 0 Å². The van der Waals surface area contributed by atoms with Crippen molar-refractivity contribution in [3.05, 3.63) is 36.5 Å². The Bertz CT molecular complexity index is 1210. The lowest BCUT2D eigenvalue weighted by atomic mass is 9.99. The van der Waals surface area contributed by atoms with E-state index in [9.17, 15) is 35.4 Å². The van der Waals surface area contributed by atoms with Crippen LogP contribution in [0.3, 0.4) is 0 Å². The van der Waals surface area contributed by atoms with Gasteiger partial charge >= 0.3 is 0 Å². The van der Waals surface area contributed by atoms with Crippen LogP contribution < -0.4 is 5.32 Å². The van der Waals surface area contributed by atoms with Crippen LogP contribution in [0, 0.1) is 0 Å². The monoisotopic (exact) mass is 992 g/mol. The second kappa shape index (κ2) is 49.6. The molecule has 8 unspecified atom stereocenters. The number of aliphatic hydroxyl groups is 6. The van der Waals surface area contributed by atoms with E-state index in [2.05, 4.69) is 43.5 Å².